The molecule has 0 rings (SSSR count). The van der Waals surface area contributed by atoms with E-state index in [4.69, 9.17) is 20.5 Å². The highest BCUT2D eigenvalue weighted by Gasteiger charge is 2.27. The maximum Gasteiger partial charge on any atom is 0.274 e. The van der Waals surface area contributed by atoms with E-state index in [1.807, 2.05) is 0 Å². The van der Waals surface area contributed by atoms with E-state index >= 15 is 0 Å². The highest BCUT2D eigenvalue weighted by atomic mass is 16.5. The van der Waals surface area contributed by atoms with Crippen LogP contribution in [0.3, 0.4) is 0 Å². The largest absolute Gasteiger partial charge is 0.391 e. The number of carbonyl (C=O) groups is 1. The second-order valence-electron chi connectivity index (χ2n) is 2.15. The fraction of sp³-hybridized carbons (Fsp3) is 0.800. The molecule has 6 nitrogen and oxygen atoms in total. The zero-order chi connectivity index (χ0) is 9.02. The van der Waals surface area contributed by atoms with Crippen LogP contribution in [0.4, 0.5) is 0 Å². The zero-order valence-corrected chi connectivity index (χ0v) is 5.93. The summed E-state index contributed by atoms with van der Waals surface area (Å²) < 4.78 is 0. The molecule has 0 aromatic heterocycles. The Morgan fingerprint density at radius 1 is 1.36 bits per heavy atom. The van der Waals surface area contributed by atoms with Crippen LogP contribution in [0.2, 0.25) is 0 Å². The molecule has 0 aliphatic carbocycles. The predicted octanol–water partition coefficient (Wildman–Crippen LogP) is -2.41. The average Bonchev–Trinajstić information content (AvgIpc) is 2.00. The van der Waals surface area contributed by atoms with Gasteiger partial charge in [0.2, 0.25) is 0 Å². The Kier molecular flexibility index (Phi) is 3.98. The normalized spacial score (nSPS) is 18.6. The molecule has 66 valence electrons. The van der Waals surface area contributed by atoms with E-state index in [-0.39, 0.29) is 0 Å². The van der Waals surface area contributed by atoms with Crippen LogP contribution in [-0.2, 0) is 4.79 Å². The van der Waals surface area contributed by atoms with Crippen LogP contribution < -0.4 is 5.48 Å². The number of aliphatic hydroxyl groups is 3. The molecular formula is C5H11NO5. The molecule has 0 aromatic carbocycles. The molecule has 0 unspecified atom stereocenters. The Bertz CT molecular complexity index is 137. The quantitative estimate of drug-likeness (QED) is 0.236. The summed E-state index contributed by atoms with van der Waals surface area (Å²) in [4.78, 5) is 10.4. The van der Waals surface area contributed by atoms with Crippen LogP contribution in [0, 0.1) is 0 Å². The van der Waals surface area contributed by atoms with Crippen molar-refractivity contribution in [3.63, 3.8) is 0 Å². The minimum atomic E-state index is -1.82. The van der Waals surface area contributed by atoms with Gasteiger partial charge in [0.05, 0.1) is 6.10 Å². The van der Waals surface area contributed by atoms with Gasteiger partial charge in [-0.3, -0.25) is 10.0 Å². The minimum absolute atomic E-state index is 1.14. The van der Waals surface area contributed by atoms with E-state index in [2.05, 4.69) is 0 Å². The number of hydroxylamine groups is 1. The van der Waals surface area contributed by atoms with E-state index < -0.39 is 24.2 Å². The van der Waals surface area contributed by atoms with Crippen LogP contribution in [-0.4, -0.2) is 44.7 Å². The average molecular weight is 165 g/mol. The molecule has 0 saturated carbocycles. The number of amides is 1. The van der Waals surface area contributed by atoms with Gasteiger partial charge < -0.3 is 15.3 Å². The molecule has 0 radical (unpaired) electrons. The molecule has 11 heavy (non-hydrogen) atoms. The molecule has 0 saturated heterocycles. The third kappa shape index (κ3) is 2.81. The van der Waals surface area contributed by atoms with Gasteiger partial charge in [0.25, 0.3) is 5.91 Å². The second kappa shape index (κ2) is 4.24. The molecule has 0 spiro atoms. The van der Waals surface area contributed by atoms with Crippen LogP contribution in [0.5, 0.6) is 0 Å². The van der Waals surface area contributed by atoms with Gasteiger partial charge in [-0.05, 0) is 6.92 Å². The monoisotopic (exact) mass is 165 g/mol. The van der Waals surface area contributed by atoms with Gasteiger partial charge >= 0.3 is 0 Å². The topological polar surface area (TPSA) is 110 Å². The van der Waals surface area contributed by atoms with Crippen molar-refractivity contribution >= 4 is 5.91 Å². The van der Waals surface area contributed by atoms with Gasteiger partial charge in [-0.1, -0.05) is 0 Å². The first-order chi connectivity index (χ1) is 5.00. The van der Waals surface area contributed by atoms with Crippen LogP contribution >= 0.6 is 0 Å². The van der Waals surface area contributed by atoms with Gasteiger partial charge in [-0.15, -0.1) is 0 Å². The fourth-order valence-corrected chi connectivity index (χ4v) is 0.485. The highest BCUT2D eigenvalue weighted by Crippen LogP contribution is 1.98. The summed E-state index contributed by atoms with van der Waals surface area (Å²) in [5.74, 6) is -1.15. The Hall–Kier alpha value is -0.690. The summed E-state index contributed by atoms with van der Waals surface area (Å²) in [6.45, 7) is 1.21. The van der Waals surface area contributed by atoms with Crippen molar-refractivity contribution in [2.45, 2.75) is 25.2 Å². The number of hydrogen-bond acceptors (Lipinski definition) is 5. The SMILES string of the molecule is C[C@H](O)[C@@H](O)[C@@H](O)C(=O)NO. The molecule has 0 aromatic rings. The number of carbonyl (C=O) groups excluding carboxylic acids is 1. The summed E-state index contributed by atoms with van der Waals surface area (Å²) in [5, 5.41) is 34.2. The van der Waals surface area contributed by atoms with Gasteiger partial charge in [-0.2, -0.15) is 0 Å². The lowest BCUT2D eigenvalue weighted by molar-refractivity contribution is -0.148. The van der Waals surface area contributed by atoms with Gasteiger partial charge in [0, 0.05) is 0 Å². The van der Waals surface area contributed by atoms with Gasteiger partial charge in [-0.25, -0.2) is 5.48 Å². The van der Waals surface area contributed by atoms with E-state index in [0.717, 1.165) is 5.48 Å². The highest BCUT2D eigenvalue weighted by molar-refractivity contribution is 5.79. The Labute approximate surface area is 63.0 Å². The molecule has 1 amide bonds. The first kappa shape index (κ1) is 10.3. The minimum Gasteiger partial charge on any atom is -0.391 e. The van der Waals surface area contributed by atoms with Gasteiger partial charge in [0.15, 0.2) is 6.10 Å². The standard InChI is InChI=1S/C5H11NO5/c1-2(7)3(8)4(9)5(10)6-11/h2-4,7-9,11H,1H3,(H,6,10)/t2-,3+,4+/m0/s1. The molecule has 0 aliphatic rings. The fourth-order valence-electron chi connectivity index (χ4n) is 0.485. The van der Waals surface area contributed by atoms with E-state index in [0.29, 0.717) is 0 Å². The summed E-state index contributed by atoms with van der Waals surface area (Å²) in [6.07, 6.45) is -4.65. The summed E-state index contributed by atoms with van der Waals surface area (Å²) >= 11 is 0. The molecule has 0 aliphatic heterocycles. The zero-order valence-electron chi connectivity index (χ0n) is 5.93. The number of rotatable bonds is 3. The molecule has 0 fully saturated rings. The lowest BCUT2D eigenvalue weighted by Gasteiger charge is -2.17. The molecular weight excluding hydrogens is 154 g/mol. The molecule has 3 atom stereocenters. The molecule has 6 heteroatoms. The predicted molar refractivity (Wildman–Crippen MR) is 33.6 cm³/mol. The number of nitrogens with one attached hydrogen (secondary N) is 1. The third-order valence-corrected chi connectivity index (χ3v) is 1.20. The molecule has 5 N–H and O–H groups in total. The molecule has 0 bridgehead atoms. The van der Waals surface area contributed by atoms with Crippen molar-refractivity contribution in [1.29, 1.82) is 0 Å². The Morgan fingerprint density at radius 2 is 1.82 bits per heavy atom. The van der Waals surface area contributed by atoms with Crippen molar-refractivity contribution in [1.82, 2.24) is 5.48 Å². The Morgan fingerprint density at radius 3 is 2.09 bits per heavy atom. The van der Waals surface area contributed by atoms with E-state index in [1.54, 1.807) is 0 Å². The van der Waals surface area contributed by atoms with Crippen molar-refractivity contribution in [3.05, 3.63) is 0 Å². The first-order valence-corrected chi connectivity index (χ1v) is 2.99. The summed E-state index contributed by atoms with van der Waals surface area (Å²) in [5.41, 5.74) is 1.14. The third-order valence-electron chi connectivity index (χ3n) is 1.20. The summed E-state index contributed by atoms with van der Waals surface area (Å²) in [7, 11) is 0. The lowest BCUT2D eigenvalue weighted by atomic mass is 10.1. The van der Waals surface area contributed by atoms with E-state index in [9.17, 15) is 4.79 Å². The first-order valence-electron chi connectivity index (χ1n) is 2.99. The van der Waals surface area contributed by atoms with Gasteiger partial charge in [0.1, 0.15) is 6.10 Å². The van der Waals surface area contributed by atoms with Crippen LogP contribution in [0.25, 0.3) is 0 Å². The number of aliphatic hydroxyl groups excluding tert-OH is 3. The van der Waals surface area contributed by atoms with Crippen molar-refractivity contribution in [2.75, 3.05) is 0 Å². The second-order valence-corrected chi connectivity index (χ2v) is 2.15. The smallest absolute Gasteiger partial charge is 0.274 e. The van der Waals surface area contributed by atoms with E-state index in [1.165, 1.54) is 6.92 Å². The van der Waals surface area contributed by atoms with Crippen molar-refractivity contribution in [3.8, 4) is 0 Å². The van der Waals surface area contributed by atoms with Crippen LogP contribution in [0.1, 0.15) is 6.92 Å². The summed E-state index contributed by atoms with van der Waals surface area (Å²) in [6, 6.07) is 0. The molecule has 0 heterocycles. The number of hydrogen-bond donors (Lipinski definition) is 5. The van der Waals surface area contributed by atoms with Crippen molar-refractivity contribution < 1.29 is 25.3 Å². The lowest BCUT2D eigenvalue weighted by Crippen LogP contribution is -2.45. The van der Waals surface area contributed by atoms with Crippen LogP contribution in [0.15, 0.2) is 0 Å². The van der Waals surface area contributed by atoms with Crippen molar-refractivity contribution in [2.24, 2.45) is 0 Å². The maximum atomic E-state index is 10.4. The Balaban J connectivity index is 4.01. The maximum absolute atomic E-state index is 10.4.